The Bertz CT molecular complexity index is 2360. The number of imidazole rings is 1. The topological polar surface area (TPSA) is 149 Å². The van der Waals surface area contributed by atoms with Crippen molar-refractivity contribution in [2.45, 2.75) is 75.3 Å². The summed E-state index contributed by atoms with van der Waals surface area (Å²) in [4.78, 5) is 60.3. The number of nitrogens with one attached hydrogen (secondary N) is 2. The first-order valence-electron chi connectivity index (χ1n) is 18.4. The first-order valence-corrected chi connectivity index (χ1v) is 18.4. The number of aromatic nitrogens is 6. The van der Waals surface area contributed by atoms with Gasteiger partial charge >= 0.3 is 11.9 Å². The number of imide groups is 1. The molecule has 3 amide bonds. The molecule has 3 atom stereocenters. The minimum Gasteiger partial charge on any atom is -0.305 e. The summed E-state index contributed by atoms with van der Waals surface area (Å²) >= 11 is 0. The van der Waals surface area contributed by atoms with Gasteiger partial charge in [0.05, 0.1) is 23.3 Å². The third kappa shape index (κ3) is 7.12. The van der Waals surface area contributed by atoms with Crippen LogP contribution in [0.3, 0.4) is 0 Å². The van der Waals surface area contributed by atoms with Gasteiger partial charge in [0.1, 0.15) is 34.9 Å². The van der Waals surface area contributed by atoms with Gasteiger partial charge in [-0.3, -0.25) is 33.5 Å². The predicted octanol–water partition coefficient (Wildman–Crippen LogP) is 5.29. The van der Waals surface area contributed by atoms with Crippen molar-refractivity contribution in [1.29, 1.82) is 0 Å². The number of anilines is 1. The van der Waals surface area contributed by atoms with E-state index in [1.54, 1.807) is 25.2 Å². The number of halogens is 4. The quantitative estimate of drug-likeness (QED) is 0.168. The van der Waals surface area contributed by atoms with Gasteiger partial charge in [-0.1, -0.05) is 18.2 Å². The number of aryl methyl sites for hydroxylation is 1. The molecule has 0 bridgehead atoms. The number of pyridine rings is 2. The fraction of sp³-hybridized carbons (Fsp3) is 0.447. The zero-order chi connectivity index (χ0) is 38.6. The summed E-state index contributed by atoms with van der Waals surface area (Å²) in [6.45, 7) is 1.77. The lowest BCUT2D eigenvalue weighted by molar-refractivity contribution is -0.141. The summed E-state index contributed by atoms with van der Waals surface area (Å²) in [6.07, 6.45) is 2.18. The Balaban J connectivity index is 0.872. The van der Waals surface area contributed by atoms with E-state index in [-0.39, 0.29) is 48.5 Å². The second-order valence-corrected chi connectivity index (χ2v) is 14.8. The highest BCUT2D eigenvalue weighted by molar-refractivity contribution is 6.03. The third-order valence-electron chi connectivity index (χ3n) is 11.3. The van der Waals surface area contributed by atoms with Gasteiger partial charge in [0.2, 0.25) is 11.8 Å². The molecule has 3 aliphatic rings. The van der Waals surface area contributed by atoms with Crippen LogP contribution in [0.5, 0.6) is 0 Å². The summed E-state index contributed by atoms with van der Waals surface area (Å²) in [6, 6.07) is 9.54. The van der Waals surface area contributed by atoms with Gasteiger partial charge in [0.15, 0.2) is 0 Å². The third-order valence-corrected chi connectivity index (χ3v) is 11.3. The maximum absolute atomic E-state index is 16.1. The maximum atomic E-state index is 16.1. The SMILES string of the molecule is Cn1c(=O)n(C2CCC(=O)NC2=O)c2cccc([C@@H]3CCN(C[C@H]4CC[C@H](n5cc6cc(NC(=O)c7cccc(C(F)(F)F)n7)ncc6n5)CC4)C[C@H]3F)c21. The summed E-state index contributed by atoms with van der Waals surface area (Å²) in [5, 5.41) is 10.3. The van der Waals surface area contributed by atoms with Crippen LogP contribution in [0.2, 0.25) is 0 Å². The summed E-state index contributed by atoms with van der Waals surface area (Å²) in [5.74, 6) is -1.52. The molecule has 1 aromatic carbocycles. The molecular formula is C38H39F4N9O4. The number of alkyl halides is 4. The smallest absolute Gasteiger partial charge is 0.305 e. The molecule has 8 rings (SSSR count). The molecule has 2 N–H and O–H groups in total. The number of amides is 3. The van der Waals surface area contributed by atoms with Crippen LogP contribution in [-0.2, 0) is 22.8 Å². The molecule has 0 radical (unpaired) electrons. The number of carbonyl (C=O) groups is 3. The number of rotatable bonds is 7. The number of piperidine rings is 2. The van der Waals surface area contributed by atoms with E-state index in [4.69, 9.17) is 5.10 Å². The minimum atomic E-state index is -4.67. The van der Waals surface area contributed by atoms with Crippen LogP contribution in [0.4, 0.5) is 23.4 Å². The lowest BCUT2D eigenvalue weighted by atomic mass is 9.83. The van der Waals surface area contributed by atoms with Crippen molar-refractivity contribution in [2.75, 3.05) is 25.0 Å². The summed E-state index contributed by atoms with van der Waals surface area (Å²) < 4.78 is 60.1. The number of carbonyl (C=O) groups excluding carboxylic acids is 3. The zero-order valence-corrected chi connectivity index (χ0v) is 29.9. The Morgan fingerprint density at radius 1 is 1.02 bits per heavy atom. The second kappa shape index (κ2) is 14.3. The Morgan fingerprint density at radius 3 is 2.55 bits per heavy atom. The molecule has 4 aromatic heterocycles. The van der Waals surface area contributed by atoms with Crippen LogP contribution < -0.4 is 16.3 Å². The normalized spacial score (nSPS) is 24.0. The van der Waals surface area contributed by atoms with E-state index in [9.17, 15) is 32.3 Å². The van der Waals surface area contributed by atoms with E-state index in [0.29, 0.717) is 35.4 Å². The first-order chi connectivity index (χ1) is 26.3. The molecule has 1 saturated carbocycles. The van der Waals surface area contributed by atoms with Gasteiger partial charge in [0, 0.05) is 44.1 Å². The number of benzene rings is 1. The van der Waals surface area contributed by atoms with E-state index < -0.39 is 41.8 Å². The summed E-state index contributed by atoms with van der Waals surface area (Å²) in [5.41, 5.74) is 0.650. The standard InChI is InChI=1S/C38H39F4N9O4/c1-48-34-25(4-2-6-29(34)51(37(48)55)30-12-13-33(52)46-36(30)54)24-14-15-49(20-26(24)39)18-21-8-10-23(11-9-21)50-19-22-16-32(43-17-28(22)47-50)45-35(53)27-5-3-7-31(44-27)38(40,41)42/h2-7,16-17,19,21,23-24,26,30H,8-15,18,20H2,1H3,(H,45,53)(H,46,52,54)/t21-,23-,24-,26+,30?/m0/s1. The van der Waals surface area contributed by atoms with Gasteiger partial charge < -0.3 is 10.2 Å². The van der Waals surface area contributed by atoms with Gasteiger partial charge in [-0.15, -0.1) is 0 Å². The molecule has 3 fully saturated rings. The van der Waals surface area contributed by atoms with E-state index in [0.717, 1.165) is 55.3 Å². The highest BCUT2D eigenvalue weighted by atomic mass is 19.4. The minimum absolute atomic E-state index is 0.143. The Morgan fingerprint density at radius 2 is 1.80 bits per heavy atom. The van der Waals surface area contributed by atoms with Crippen LogP contribution in [0.1, 0.15) is 84.7 Å². The summed E-state index contributed by atoms with van der Waals surface area (Å²) in [7, 11) is 1.64. The molecule has 1 unspecified atom stereocenters. The average molecular weight is 762 g/mol. The van der Waals surface area contributed by atoms with Crippen molar-refractivity contribution >= 4 is 45.5 Å². The fourth-order valence-electron chi connectivity index (χ4n) is 8.54. The number of fused-ring (bicyclic) bond motifs is 2. The number of nitrogens with zero attached hydrogens (tertiary/aromatic N) is 7. The molecule has 0 spiro atoms. The van der Waals surface area contributed by atoms with Crippen molar-refractivity contribution in [1.82, 2.24) is 39.1 Å². The van der Waals surface area contributed by atoms with Crippen molar-refractivity contribution in [3.63, 3.8) is 0 Å². The first kappa shape index (κ1) is 36.5. The molecule has 2 aliphatic heterocycles. The van der Waals surface area contributed by atoms with Crippen molar-refractivity contribution in [3.8, 4) is 0 Å². The number of likely N-dealkylation sites (tertiary alicyclic amines) is 1. The highest BCUT2D eigenvalue weighted by Gasteiger charge is 2.37. The predicted molar refractivity (Wildman–Crippen MR) is 193 cm³/mol. The van der Waals surface area contributed by atoms with Crippen LogP contribution in [0, 0.1) is 5.92 Å². The number of para-hydroxylation sites is 1. The molecule has 13 nitrogen and oxygen atoms in total. The molecule has 1 aliphatic carbocycles. The molecule has 6 heterocycles. The van der Waals surface area contributed by atoms with Gasteiger partial charge in [-0.2, -0.15) is 18.3 Å². The molecule has 288 valence electrons. The lowest BCUT2D eigenvalue weighted by Gasteiger charge is -2.38. The van der Waals surface area contributed by atoms with Crippen molar-refractivity contribution in [3.05, 3.63) is 82.3 Å². The highest BCUT2D eigenvalue weighted by Crippen LogP contribution is 2.38. The maximum Gasteiger partial charge on any atom is 0.433 e. The Labute approximate surface area is 311 Å². The van der Waals surface area contributed by atoms with Crippen molar-refractivity contribution < 1.29 is 31.9 Å². The largest absolute Gasteiger partial charge is 0.433 e. The van der Waals surface area contributed by atoms with Gasteiger partial charge in [-0.25, -0.2) is 19.2 Å². The van der Waals surface area contributed by atoms with Crippen LogP contribution in [0.25, 0.3) is 21.9 Å². The van der Waals surface area contributed by atoms with Gasteiger partial charge in [0.25, 0.3) is 5.91 Å². The molecule has 2 saturated heterocycles. The molecular weight excluding hydrogens is 722 g/mol. The molecule has 5 aromatic rings. The van der Waals surface area contributed by atoms with E-state index in [1.807, 2.05) is 16.9 Å². The van der Waals surface area contributed by atoms with Crippen LogP contribution in [-0.4, -0.2) is 77.3 Å². The second-order valence-electron chi connectivity index (χ2n) is 14.8. The van der Waals surface area contributed by atoms with Crippen LogP contribution in [0.15, 0.2) is 59.7 Å². The Hall–Kier alpha value is -5.45. The fourth-order valence-corrected chi connectivity index (χ4v) is 8.54. The average Bonchev–Trinajstić information content (AvgIpc) is 3.69. The lowest BCUT2D eigenvalue weighted by Crippen LogP contribution is -2.44. The van der Waals surface area contributed by atoms with Gasteiger partial charge in [-0.05, 0) is 80.8 Å². The van der Waals surface area contributed by atoms with E-state index >= 15 is 4.39 Å². The van der Waals surface area contributed by atoms with Crippen molar-refractivity contribution in [2.24, 2.45) is 13.0 Å². The Kier molecular flexibility index (Phi) is 9.51. The van der Waals surface area contributed by atoms with E-state index in [1.165, 1.54) is 21.4 Å². The van der Waals surface area contributed by atoms with Crippen LogP contribution >= 0.6 is 0 Å². The number of hydrogen-bond acceptors (Lipinski definition) is 8. The molecule has 55 heavy (non-hydrogen) atoms. The monoisotopic (exact) mass is 761 g/mol. The number of hydrogen-bond donors (Lipinski definition) is 2. The zero-order valence-electron chi connectivity index (χ0n) is 29.9. The van der Waals surface area contributed by atoms with E-state index in [2.05, 4.69) is 25.5 Å². The molecule has 17 heteroatoms.